The number of aliphatic hydroxyl groups is 1. The van der Waals surface area contributed by atoms with Gasteiger partial charge in [0.1, 0.15) is 18.3 Å². The number of aliphatic hydroxyl groups excluding tert-OH is 1. The number of nitrogens with zero attached hydrogens (tertiary/aromatic N) is 1. The minimum Gasteiger partial charge on any atom is -0.394 e. The molecule has 0 aliphatic carbocycles. The molecule has 2 heterocycles. The highest BCUT2D eigenvalue weighted by Crippen LogP contribution is 2.53. The fourth-order valence-electron chi connectivity index (χ4n) is 3.14. The van der Waals surface area contributed by atoms with Crippen molar-refractivity contribution < 1.29 is 37.5 Å². The molecule has 2 aliphatic rings. The van der Waals surface area contributed by atoms with Gasteiger partial charge in [-0.15, -0.1) is 0 Å². The zero-order chi connectivity index (χ0) is 19.2. The van der Waals surface area contributed by atoms with Gasteiger partial charge in [0.25, 0.3) is 0 Å². The molecule has 7 unspecified atom stereocenters. The maximum Gasteiger partial charge on any atom is 0.475 e. The molecule has 0 aromatic carbocycles. The summed E-state index contributed by atoms with van der Waals surface area (Å²) >= 11 is 0. The smallest absolute Gasteiger partial charge is 0.394 e. The van der Waals surface area contributed by atoms with Crippen molar-refractivity contribution in [1.82, 2.24) is 0 Å². The van der Waals surface area contributed by atoms with Gasteiger partial charge in [0, 0.05) is 20.0 Å². The highest BCUT2D eigenvalue weighted by Gasteiger charge is 2.42. The van der Waals surface area contributed by atoms with E-state index < -0.39 is 20.0 Å². The quantitative estimate of drug-likeness (QED) is 0.438. The van der Waals surface area contributed by atoms with Crippen molar-refractivity contribution >= 4 is 7.82 Å². The van der Waals surface area contributed by atoms with Crippen LogP contribution in [0.5, 0.6) is 0 Å². The SMILES string of the molecule is COC1CC(C)OC1COP(=O)(OCCC#N)OC1CC(C)OC1CO. The third kappa shape index (κ3) is 5.98. The van der Waals surface area contributed by atoms with Crippen molar-refractivity contribution in [1.29, 1.82) is 5.26 Å². The lowest BCUT2D eigenvalue weighted by Gasteiger charge is -2.25. The van der Waals surface area contributed by atoms with E-state index in [2.05, 4.69) is 0 Å². The fraction of sp³-hybridized carbons (Fsp3) is 0.938. The lowest BCUT2D eigenvalue weighted by atomic mass is 10.1. The monoisotopic (exact) mass is 393 g/mol. The van der Waals surface area contributed by atoms with Gasteiger partial charge in [-0.2, -0.15) is 5.26 Å². The summed E-state index contributed by atoms with van der Waals surface area (Å²) in [6, 6.07) is 1.91. The first-order chi connectivity index (χ1) is 12.4. The Morgan fingerprint density at radius 2 is 1.81 bits per heavy atom. The first-order valence-corrected chi connectivity index (χ1v) is 10.3. The molecule has 7 atom stereocenters. The van der Waals surface area contributed by atoms with Crippen molar-refractivity contribution in [2.24, 2.45) is 0 Å². The molecule has 9 nitrogen and oxygen atoms in total. The Balaban J connectivity index is 1.99. The van der Waals surface area contributed by atoms with Crippen molar-refractivity contribution in [2.45, 2.75) is 69.7 Å². The topological polar surface area (TPSA) is 116 Å². The molecule has 0 radical (unpaired) electrons. The van der Waals surface area contributed by atoms with E-state index in [0.29, 0.717) is 12.8 Å². The highest BCUT2D eigenvalue weighted by atomic mass is 31.2. The first kappa shape index (κ1) is 21.7. The summed E-state index contributed by atoms with van der Waals surface area (Å²) in [6.45, 7) is 3.39. The normalized spacial score (nSPS) is 36.7. The van der Waals surface area contributed by atoms with Crippen LogP contribution in [-0.4, -0.2) is 68.7 Å². The zero-order valence-corrected chi connectivity index (χ0v) is 16.3. The average molecular weight is 393 g/mol. The third-order valence-electron chi connectivity index (χ3n) is 4.38. The number of phosphoric acid groups is 1. The van der Waals surface area contributed by atoms with Gasteiger partial charge in [0.15, 0.2) is 0 Å². The molecule has 0 aromatic rings. The Hall–Kier alpha value is -0.560. The van der Waals surface area contributed by atoms with Gasteiger partial charge in [-0.25, -0.2) is 4.57 Å². The summed E-state index contributed by atoms with van der Waals surface area (Å²) < 4.78 is 46.0. The summed E-state index contributed by atoms with van der Waals surface area (Å²) in [5.41, 5.74) is 0. The summed E-state index contributed by atoms with van der Waals surface area (Å²) in [5.74, 6) is 0. The van der Waals surface area contributed by atoms with Crippen LogP contribution in [0.25, 0.3) is 0 Å². The van der Waals surface area contributed by atoms with Gasteiger partial charge >= 0.3 is 7.82 Å². The van der Waals surface area contributed by atoms with Crippen molar-refractivity contribution in [3.8, 4) is 6.07 Å². The van der Waals surface area contributed by atoms with E-state index in [1.54, 1.807) is 7.11 Å². The molecular formula is C16H28NO8P. The molecule has 2 fully saturated rings. The highest BCUT2D eigenvalue weighted by molar-refractivity contribution is 7.48. The predicted molar refractivity (Wildman–Crippen MR) is 90.4 cm³/mol. The second-order valence-electron chi connectivity index (χ2n) is 6.53. The molecule has 10 heteroatoms. The molecule has 150 valence electrons. The molecule has 2 saturated heterocycles. The minimum absolute atomic E-state index is 0.0104. The van der Waals surface area contributed by atoms with E-state index >= 15 is 0 Å². The summed E-state index contributed by atoms with van der Waals surface area (Å²) in [5, 5.41) is 18.1. The lowest BCUT2D eigenvalue weighted by Crippen LogP contribution is -2.30. The van der Waals surface area contributed by atoms with E-state index in [4.69, 9.17) is 33.0 Å². The van der Waals surface area contributed by atoms with Crippen LogP contribution in [0.15, 0.2) is 0 Å². The largest absolute Gasteiger partial charge is 0.475 e. The molecule has 0 spiro atoms. The molecular weight excluding hydrogens is 365 g/mol. The number of rotatable bonds is 10. The molecule has 26 heavy (non-hydrogen) atoms. The van der Waals surface area contributed by atoms with E-state index in [-0.39, 0.29) is 50.7 Å². The summed E-state index contributed by atoms with van der Waals surface area (Å²) in [4.78, 5) is 0. The Kier molecular flexibility index (Phi) is 8.45. The second kappa shape index (κ2) is 10.1. The number of hydrogen-bond donors (Lipinski definition) is 1. The number of ether oxygens (including phenoxy) is 3. The van der Waals surface area contributed by atoms with Gasteiger partial charge in [0.2, 0.25) is 0 Å². The van der Waals surface area contributed by atoms with Crippen molar-refractivity contribution in [3.05, 3.63) is 0 Å². The zero-order valence-electron chi connectivity index (χ0n) is 15.4. The molecule has 1 N–H and O–H groups in total. The number of methoxy groups -OCH3 is 1. The van der Waals surface area contributed by atoms with Crippen LogP contribution in [0, 0.1) is 11.3 Å². The van der Waals surface area contributed by atoms with Crippen molar-refractivity contribution in [3.63, 3.8) is 0 Å². The summed E-state index contributed by atoms with van der Waals surface area (Å²) in [7, 11) is -2.38. The molecule has 0 bridgehead atoms. The second-order valence-corrected chi connectivity index (χ2v) is 8.15. The van der Waals surface area contributed by atoms with E-state index in [9.17, 15) is 9.67 Å². The maximum atomic E-state index is 13.0. The predicted octanol–water partition coefficient (Wildman–Crippen LogP) is 1.79. The Bertz CT molecular complexity index is 527. The first-order valence-electron chi connectivity index (χ1n) is 8.79. The fourth-order valence-corrected chi connectivity index (χ4v) is 4.53. The molecule has 0 saturated carbocycles. The average Bonchev–Trinajstić information content (AvgIpc) is 3.14. The summed E-state index contributed by atoms with van der Waals surface area (Å²) in [6.07, 6.45) is -0.687. The minimum atomic E-state index is -3.96. The molecule has 0 amide bonds. The number of phosphoric ester groups is 1. The Morgan fingerprint density at radius 1 is 1.15 bits per heavy atom. The van der Waals surface area contributed by atoms with Crippen LogP contribution in [-0.2, 0) is 32.3 Å². The van der Waals surface area contributed by atoms with Crippen molar-refractivity contribution in [2.75, 3.05) is 26.9 Å². The van der Waals surface area contributed by atoms with Gasteiger partial charge in [-0.1, -0.05) is 0 Å². The van der Waals surface area contributed by atoms with Gasteiger partial charge in [0.05, 0.1) is 50.6 Å². The van der Waals surface area contributed by atoms with E-state index in [0.717, 1.165) is 0 Å². The van der Waals surface area contributed by atoms with Gasteiger partial charge < -0.3 is 19.3 Å². The van der Waals surface area contributed by atoms with Gasteiger partial charge in [-0.05, 0) is 13.8 Å². The van der Waals surface area contributed by atoms with Crippen LogP contribution in [0.3, 0.4) is 0 Å². The van der Waals surface area contributed by atoms with Crippen LogP contribution in [0.1, 0.15) is 33.1 Å². The van der Waals surface area contributed by atoms with Crippen LogP contribution in [0.4, 0.5) is 0 Å². The molecule has 2 rings (SSSR count). The number of nitriles is 1. The van der Waals surface area contributed by atoms with E-state index in [1.165, 1.54) is 0 Å². The third-order valence-corrected chi connectivity index (χ3v) is 5.87. The van der Waals surface area contributed by atoms with Crippen LogP contribution in [0.2, 0.25) is 0 Å². The Labute approximate surface area is 154 Å². The Morgan fingerprint density at radius 3 is 2.42 bits per heavy atom. The lowest BCUT2D eigenvalue weighted by molar-refractivity contribution is -0.0448. The molecule has 0 aromatic heterocycles. The maximum absolute atomic E-state index is 13.0. The van der Waals surface area contributed by atoms with E-state index in [1.807, 2.05) is 19.9 Å². The van der Waals surface area contributed by atoms with Crippen LogP contribution < -0.4 is 0 Å². The van der Waals surface area contributed by atoms with Crippen LogP contribution >= 0.6 is 7.82 Å². The standard InChI is InChI=1S/C16H28NO8P/c1-11-7-13(20-3)16(24-11)10-22-26(19,21-6-4-5-17)25-14-8-12(2)23-15(14)9-18/h11-16,18H,4,6-10H2,1-3H3. The molecule has 2 aliphatic heterocycles. The number of hydrogen-bond acceptors (Lipinski definition) is 9. The van der Waals surface area contributed by atoms with Gasteiger partial charge in [-0.3, -0.25) is 13.6 Å².